The fourth-order valence-corrected chi connectivity index (χ4v) is 2.55. The van der Waals surface area contributed by atoms with E-state index in [2.05, 4.69) is 76.7 Å². The third kappa shape index (κ3) is 5.14. The summed E-state index contributed by atoms with van der Waals surface area (Å²) in [6.07, 6.45) is 0. The van der Waals surface area contributed by atoms with Crippen molar-refractivity contribution in [3.8, 4) is 0 Å². The van der Waals surface area contributed by atoms with Gasteiger partial charge in [0.25, 0.3) is 0 Å². The Morgan fingerprint density at radius 1 is 0.875 bits per heavy atom. The second kappa shape index (κ2) is 9.14. The molecular formula is C18H21N3O2S. The first-order valence-corrected chi connectivity index (χ1v) is 8.06. The number of hydrogen-bond acceptors (Lipinski definition) is 6. The molecule has 0 unspecified atom stereocenters. The Morgan fingerprint density at radius 3 is 2.21 bits per heavy atom. The third-order valence-corrected chi connectivity index (χ3v) is 3.91. The molecule has 0 radical (unpaired) electrons. The zero-order valence-corrected chi connectivity index (χ0v) is 14.5. The Balaban J connectivity index is 0.000000177. The Kier molecular flexibility index (Phi) is 6.89. The molecule has 0 aliphatic rings. The number of rotatable bonds is 4. The van der Waals surface area contributed by atoms with Crippen LogP contribution in [0.25, 0.3) is 10.8 Å². The lowest BCUT2D eigenvalue weighted by Crippen LogP contribution is -2.08. The van der Waals surface area contributed by atoms with Crippen molar-refractivity contribution in [2.45, 2.75) is 4.90 Å². The lowest BCUT2D eigenvalue weighted by atomic mass is 10.1. The van der Waals surface area contributed by atoms with E-state index in [0.717, 1.165) is 16.9 Å². The average Bonchev–Trinajstić information content (AvgIpc) is 2.61. The summed E-state index contributed by atoms with van der Waals surface area (Å²) < 4.78 is 4.41. The highest BCUT2D eigenvalue weighted by molar-refractivity contribution is 7.94. The van der Waals surface area contributed by atoms with E-state index in [4.69, 9.17) is 5.73 Å². The van der Waals surface area contributed by atoms with Gasteiger partial charge in [-0.15, -0.1) is 9.32 Å². The second-order valence-corrected chi connectivity index (χ2v) is 5.98. The SMILES string of the molecule is CN(C)c1cccc2ccccc12.NOOSc1ccc(N)cc1. The summed E-state index contributed by atoms with van der Waals surface area (Å²) in [5.74, 6) is 4.64. The molecule has 0 fully saturated rings. The lowest BCUT2D eigenvalue weighted by Gasteiger charge is -2.14. The van der Waals surface area contributed by atoms with Crippen LogP contribution in [0.3, 0.4) is 0 Å². The number of hydrogen-bond donors (Lipinski definition) is 2. The van der Waals surface area contributed by atoms with Crippen LogP contribution in [0.2, 0.25) is 0 Å². The summed E-state index contributed by atoms with van der Waals surface area (Å²) in [5, 5.41) is 2.61. The highest BCUT2D eigenvalue weighted by Crippen LogP contribution is 2.24. The molecule has 0 heterocycles. The second-order valence-electron chi connectivity index (χ2n) is 5.21. The van der Waals surface area contributed by atoms with Gasteiger partial charge in [-0.2, -0.15) is 5.90 Å². The molecule has 0 aliphatic carbocycles. The van der Waals surface area contributed by atoms with Crippen molar-refractivity contribution >= 4 is 34.2 Å². The van der Waals surface area contributed by atoms with Crippen molar-refractivity contribution in [2.75, 3.05) is 24.7 Å². The van der Waals surface area contributed by atoms with Crippen LogP contribution in [0.1, 0.15) is 0 Å². The molecule has 0 saturated carbocycles. The van der Waals surface area contributed by atoms with E-state index in [0.29, 0.717) is 5.69 Å². The van der Waals surface area contributed by atoms with Gasteiger partial charge in [0.2, 0.25) is 0 Å². The normalized spacial score (nSPS) is 10.1. The van der Waals surface area contributed by atoms with E-state index in [1.54, 1.807) is 24.3 Å². The van der Waals surface area contributed by atoms with Crippen molar-refractivity contribution in [2.24, 2.45) is 5.90 Å². The van der Waals surface area contributed by atoms with Crippen molar-refractivity contribution in [1.82, 2.24) is 0 Å². The minimum Gasteiger partial charge on any atom is -0.399 e. The van der Waals surface area contributed by atoms with Gasteiger partial charge in [0.1, 0.15) is 0 Å². The predicted molar refractivity (Wildman–Crippen MR) is 101 cm³/mol. The predicted octanol–water partition coefficient (Wildman–Crippen LogP) is 4.00. The number of anilines is 2. The Morgan fingerprint density at radius 2 is 1.54 bits per heavy atom. The molecule has 0 amide bonds. The van der Waals surface area contributed by atoms with Crippen molar-refractivity contribution in [3.63, 3.8) is 0 Å². The summed E-state index contributed by atoms with van der Waals surface area (Å²) in [6.45, 7) is 0. The van der Waals surface area contributed by atoms with Crippen LogP contribution in [-0.4, -0.2) is 14.1 Å². The molecule has 0 saturated heterocycles. The minimum atomic E-state index is 0.711. The summed E-state index contributed by atoms with van der Waals surface area (Å²) in [7, 11) is 4.14. The fraction of sp³-hybridized carbons (Fsp3) is 0.111. The number of nitrogen functional groups attached to an aromatic ring is 1. The molecule has 3 aromatic rings. The first-order chi connectivity index (χ1) is 11.6. The first kappa shape index (κ1) is 18.1. The van der Waals surface area contributed by atoms with Crippen molar-refractivity contribution < 1.29 is 9.32 Å². The van der Waals surface area contributed by atoms with E-state index in [1.807, 2.05) is 0 Å². The summed E-state index contributed by atoms with van der Waals surface area (Å²) >= 11 is 1.03. The molecule has 0 spiro atoms. The summed E-state index contributed by atoms with van der Waals surface area (Å²) in [6, 6.07) is 22.0. The molecule has 4 N–H and O–H groups in total. The van der Waals surface area contributed by atoms with Crippen molar-refractivity contribution in [3.05, 3.63) is 66.7 Å². The standard InChI is InChI=1S/C12H13N.C6H8N2O2S/c1-13(2)12-9-5-7-10-6-3-4-8-11(10)12;7-5-1-3-6(4-2-5)11-10-9-8/h3-9H,1-2H3;1-4H,7-8H2. The summed E-state index contributed by atoms with van der Waals surface area (Å²) in [5.41, 5.74) is 7.44. The molecule has 0 aromatic heterocycles. The maximum Gasteiger partial charge on any atom is 0.0702 e. The highest BCUT2D eigenvalue weighted by Gasteiger charge is 2.00. The molecular weight excluding hydrogens is 322 g/mol. The van der Waals surface area contributed by atoms with Crippen LogP contribution in [0.15, 0.2) is 71.6 Å². The zero-order valence-electron chi connectivity index (χ0n) is 13.7. The summed E-state index contributed by atoms with van der Waals surface area (Å²) in [4.78, 5) is 6.93. The van der Waals surface area contributed by atoms with E-state index >= 15 is 0 Å². The van der Waals surface area contributed by atoms with Gasteiger partial charge >= 0.3 is 0 Å². The van der Waals surface area contributed by atoms with Crippen LogP contribution in [0.4, 0.5) is 11.4 Å². The number of nitrogens with zero attached hydrogens (tertiary/aromatic N) is 1. The van der Waals surface area contributed by atoms with E-state index in [-0.39, 0.29) is 0 Å². The monoisotopic (exact) mass is 343 g/mol. The molecule has 5 nitrogen and oxygen atoms in total. The number of benzene rings is 3. The molecule has 24 heavy (non-hydrogen) atoms. The smallest absolute Gasteiger partial charge is 0.0702 e. The zero-order chi connectivity index (χ0) is 17.4. The quantitative estimate of drug-likeness (QED) is 0.323. The van der Waals surface area contributed by atoms with Crippen LogP contribution in [-0.2, 0) is 9.32 Å². The molecule has 3 rings (SSSR count). The lowest BCUT2D eigenvalue weighted by molar-refractivity contribution is -0.195. The minimum absolute atomic E-state index is 0.711. The van der Waals surface area contributed by atoms with Gasteiger partial charge < -0.3 is 10.6 Å². The highest BCUT2D eigenvalue weighted by atomic mass is 32.2. The van der Waals surface area contributed by atoms with Crippen LogP contribution >= 0.6 is 12.0 Å². The molecule has 0 atom stereocenters. The van der Waals surface area contributed by atoms with Gasteiger partial charge in [0.15, 0.2) is 0 Å². The van der Waals surface area contributed by atoms with Gasteiger partial charge in [0.05, 0.1) is 12.0 Å². The van der Waals surface area contributed by atoms with Crippen LogP contribution in [0, 0.1) is 0 Å². The largest absolute Gasteiger partial charge is 0.399 e. The van der Waals surface area contributed by atoms with Gasteiger partial charge in [0, 0.05) is 35.8 Å². The molecule has 6 heteroatoms. The topological polar surface area (TPSA) is 73.7 Å². The number of nitrogens with two attached hydrogens (primary N) is 2. The van der Waals surface area contributed by atoms with E-state index < -0.39 is 0 Å². The Labute approximate surface area is 146 Å². The van der Waals surface area contributed by atoms with Gasteiger partial charge in [-0.05, 0) is 35.7 Å². The first-order valence-electron chi connectivity index (χ1n) is 7.32. The molecule has 0 bridgehead atoms. The number of fused-ring (bicyclic) bond motifs is 1. The average molecular weight is 343 g/mol. The Hall–Kier alpha value is -2.25. The van der Waals surface area contributed by atoms with Gasteiger partial charge in [-0.1, -0.05) is 36.4 Å². The van der Waals surface area contributed by atoms with Gasteiger partial charge in [-0.3, -0.25) is 0 Å². The molecule has 126 valence electrons. The van der Waals surface area contributed by atoms with E-state index in [1.165, 1.54) is 16.5 Å². The molecule has 0 aliphatic heterocycles. The van der Waals surface area contributed by atoms with E-state index in [9.17, 15) is 0 Å². The maximum atomic E-state index is 5.45. The maximum absolute atomic E-state index is 5.45. The molecule has 3 aromatic carbocycles. The third-order valence-electron chi connectivity index (χ3n) is 3.30. The van der Waals surface area contributed by atoms with Crippen LogP contribution in [0.5, 0.6) is 0 Å². The van der Waals surface area contributed by atoms with Crippen LogP contribution < -0.4 is 16.5 Å². The fourth-order valence-electron chi connectivity index (χ4n) is 2.18. The Bertz CT molecular complexity index is 758. The van der Waals surface area contributed by atoms with Crippen molar-refractivity contribution in [1.29, 1.82) is 0 Å². The van der Waals surface area contributed by atoms with Gasteiger partial charge in [-0.25, -0.2) is 0 Å².